The highest BCUT2D eigenvalue weighted by Gasteiger charge is 2.13. The minimum atomic E-state index is -0.263. The molecule has 1 heterocycles. The number of urea groups is 1. The molecule has 0 radical (unpaired) electrons. The number of carbonyl (C=O) groups excluding carboxylic acids is 1. The number of benzene rings is 1. The summed E-state index contributed by atoms with van der Waals surface area (Å²) in [7, 11) is 0. The number of fused-ring (bicyclic) bond motifs is 1. The summed E-state index contributed by atoms with van der Waals surface area (Å²) in [5.41, 5.74) is -0.263. The van der Waals surface area contributed by atoms with E-state index in [4.69, 9.17) is 0 Å². The summed E-state index contributed by atoms with van der Waals surface area (Å²) in [5, 5.41) is 7.66. The fraction of sp³-hybridized carbons (Fsp3) is 0.286. The molecule has 94 valence electrons. The number of anilines is 1. The number of aromatic nitrogens is 1. The second-order valence-electron chi connectivity index (χ2n) is 5.25. The molecule has 0 saturated carbocycles. The fourth-order valence-corrected chi connectivity index (χ4v) is 1.64. The van der Waals surface area contributed by atoms with E-state index in [1.165, 1.54) is 0 Å². The van der Waals surface area contributed by atoms with Crippen molar-refractivity contribution in [2.45, 2.75) is 26.3 Å². The lowest BCUT2D eigenvalue weighted by Crippen LogP contribution is -2.43. The maximum atomic E-state index is 11.7. The van der Waals surface area contributed by atoms with E-state index in [0.717, 1.165) is 10.8 Å². The van der Waals surface area contributed by atoms with Crippen LogP contribution in [-0.2, 0) is 0 Å². The number of rotatable bonds is 1. The van der Waals surface area contributed by atoms with E-state index in [0.29, 0.717) is 5.82 Å². The summed E-state index contributed by atoms with van der Waals surface area (Å²) < 4.78 is 0. The fourth-order valence-electron chi connectivity index (χ4n) is 1.64. The third-order valence-electron chi connectivity index (χ3n) is 2.36. The lowest BCUT2D eigenvalue weighted by molar-refractivity contribution is 0.243. The van der Waals surface area contributed by atoms with Gasteiger partial charge in [0.15, 0.2) is 0 Å². The third-order valence-corrected chi connectivity index (χ3v) is 2.36. The quantitative estimate of drug-likeness (QED) is 0.808. The standard InChI is InChI=1S/C14H17N3O/c1-14(2,3)17-13(18)16-12-8-10-6-4-5-7-11(10)9-15-12/h4-9H,1-3H3,(H2,15,16,17,18). The first-order valence-electron chi connectivity index (χ1n) is 5.88. The molecule has 4 nitrogen and oxygen atoms in total. The van der Waals surface area contributed by atoms with Gasteiger partial charge in [0.2, 0.25) is 0 Å². The topological polar surface area (TPSA) is 54.0 Å². The highest BCUT2D eigenvalue weighted by Crippen LogP contribution is 2.16. The van der Waals surface area contributed by atoms with Crippen molar-refractivity contribution in [2.24, 2.45) is 0 Å². The molecule has 0 aliphatic carbocycles. The van der Waals surface area contributed by atoms with Crippen molar-refractivity contribution >= 4 is 22.6 Å². The third kappa shape index (κ3) is 3.20. The van der Waals surface area contributed by atoms with Gasteiger partial charge < -0.3 is 5.32 Å². The lowest BCUT2D eigenvalue weighted by Gasteiger charge is -2.20. The van der Waals surface area contributed by atoms with Crippen molar-refractivity contribution in [1.29, 1.82) is 0 Å². The zero-order valence-electron chi connectivity index (χ0n) is 10.8. The van der Waals surface area contributed by atoms with Crippen molar-refractivity contribution in [3.05, 3.63) is 36.5 Å². The Balaban J connectivity index is 2.15. The summed E-state index contributed by atoms with van der Waals surface area (Å²) in [6.07, 6.45) is 1.75. The van der Waals surface area contributed by atoms with Gasteiger partial charge in [-0.3, -0.25) is 5.32 Å². The van der Waals surface area contributed by atoms with Crippen molar-refractivity contribution in [1.82, 2.24) is 10.3 Å². The van der Waals surface area contributed by atoms with Crippen LogP contribution in [0.3, 0.4) is 0 Å². The summed E-state index contributed by atoms with van der Waals surface area (Å²) in [6, 6.07) is 9.51. The van der Waals surface area contributed by atoms with E-state index in [-0.39, 0.29) is 11.6 Å². The zero-order valence-corrected chi connectivity index (χ0v) is 10.8. The Bertz CT molecular complexity index is 573. The SMILES string of the molecule is CC(C)(C)NC(=O)Nc1cc2ccccc2cn1. The summed E-state index contributed by atoms with van der Waals surface area (Å²) in [4.78, 5) is 15.9. The van der Waals surface area contributed by atoms with Gasteiger partial charge in [-0.25, -0.2) is 9.78 Å². The summed E-state index contributed by atoms with van der Waals surface area (Å²) in [6.45, 7) is 5.79. The van der Waals surface area contributed by atoms with Crippen molar-refractivity contribution in [3.8, 4) is 0 Å². The number of nitrogens with zero attached hydrogens (tertiary/aromatic N) is 1. The van der Waals surface area contributed by atoms with Crippen molar-refractivity contribution < 1.29 is 4.79 Å². The molecule has 1 aromatic carbocycles. The van der Waals surface area contributed by atoms with Crippen LogP contribution in [0.25, 0.3) is 10.8 Å². The van der Waals surface area contributed by atoms with E-state index in [1.54, 1.807) is 6.20 Å². The van der Waals surface area contributed by atoms with Crippen LogP contribution in [0, 0.1) is 0 Å². The molecule has 4 heteroatoms. The predicted molar refractivity (Wildman–Crippen MR) is 73.7 cm³/mol. The predicted octanol–water partition coefficient (Wildman–Crippen LogP) is 3.15. The van der Waals surface area contributed by atoms with Gasteiger partial charge >= 0.3 is 6.03 Å². The minimum absolute atomic E-state index is 0.245. The molecule has 1 aromatic heterocycles. The normalized spacial score (nSPS) is 11.3. The van der Waals surface area contributed by atoms with Crippen LogP contribution in [0.15, 0.2) is 36.5 Å². The molecule has 0 fully saturated rings. The van der Waals surface area contributed by atoms with Crippen LogP contribution in [0.4, 0.5) is 10.6 Å². The van der Waals surface area contributed by atoms with Crippen molar-refractivity contribution in [2.75, 3.05) is 5.32 Å². The Morgan fingerprint density at radius 1 is 1.17 bits per heavy atom. The highest BCUT2D eigenvalue weighted by atomic mass is 16.2. The molecule has 0 spiro atoms. The molecule has 0 aliphatic rings. The number of nitrogens with one attached hydrogen (secondary N) is 2. The van der Waals surface area contributed by atoms with Crippen LogP contribution in [-0.4, -0.2) is 16.6 Å². The van der Waals surface area contributed by atoms with E-state index >= 15 is 0 Å². The number of carbonyl (C=O) groups is 1. The largest absolute Gasteiger partial charge is 0.333 e. The monoisotopic (exact) mass is 243 g/mol. The summed E-state index contributed by atoms with van der Waals surface area (Å²) >= 11 is 0. The Hall–Kier alpha value is -2.10. The molecule has 2 amide bonds. The van der Waals surface area contributed by atoms with Gasteiger partial charge in [0.25, 0.3) is 0 Å². The zero-order chi connectivity index (χ0) is 13.2. The molecule has 0 bridgehead atoms. The van der Waals surface area contributed by atoms with Crippen LogP contribution < -0.4 is 10.6 Å². The van der Waals surface area contributed by atoms with Gasteiger partial charge in [0, 0.05) is 17.1 Å². The van der Waals surface area contributed by atoms with Crippen LogP contribution in [0.2, 0.25) is 0 Å². The van der Waals surface area contributed by atoms with Crippen LogP contribution in [0.5, 0.6) is 0 Å². The Morgan fingerprint density at radius 3 is 2.50 bits per heavy atom. The second-order valence-corrected chi connectivity index (χ2v) is 5.25. The van der Waals surface area contributed by atoms with E-state index in [2.05, 4.69) is 15.6 Å². The first kappa shape index (κ1) is 12.4. The van der Waals surface area contributed by atoms with E-state index in [9.17, 15) is 4.79 Å². The molecular weight excluding hydrogens is 226 g/mol. The average molecular weight is 243 g/mol. The van der Waals surface area contributed by atoms with Crippen LogP contribution >= 0.6 is 0 Å². The molecule has 2 N–H and O–H groups in total. The molecule has 0 aliphatic heterocycles. The van der Waals surface area contributed by atoms with Crippen LogP contribution in [0.1, 0.15) is 20.8 Å². The molecule has 2 rings (SSSR count). The summed E-state index contributed by atoms with van der Waals surface area (Å²) in [5.74, 6) is 0.551. The highest BCUT2D eigenvalue weighted by molar-refractivity contribution is 5.91. The maximum absolute atomic E-state index is 11.7. The number of amides is 2. The first-order chi connectivity index (χ1) is 8.44. The minimum Gasteiger partial charge on any atom is -0.333 e. The van der Waals surface area contributed by atoms with Gasteiger partial charge in [-0.2, -0.15) is 0 Å². The second kappa shape index (κ2) is 4.64. The molecule has 0 atom stereocenters. The van der Waals surface area contributed by atoms with Gasteiger partial charge in [0.1, 0.15) is 5.82 Å². The van der Waals surface area contributed by atoms with E-state index in [1.807, 2.05) is 51.1 Å². The average Bonchev–Trinajstić information content (AvgIpc) is 2.26. The Labute approximate surface area is 106 Å². The Kier molecular flexibility index (Phi) is 3.19. The Morgan fingerprint density at radius 2 is 1.83 bits per heavy atom. The van der Waals surface area contributed by atoms with Gasteiger partial charge in [-0.05, 0) is 32.2 Å². The van der Waals surface area contributed by atoms with Gasteiger partial charge in [0.05, 0.1) is 0 Å². The number of hydrogen-bond donors (Lipinski definition) is 2. The molecule has 0 saturated heterocycles. The van der Waals surface area contributed by atoms with E-state index < -0.39 is 0 Å². The lowest BCUT2D eigenvalue weighted by atomic mass is 10.1. The van der Waals surface area contributed by atoms with Gasteiger partial charge in [-0.15, -0.1) is 0 Å². The van der Waals surface area contributed by atoms with Crippen molar-refractivity contribution in [3.63, 3.8) is 0 Å². The first-order valence-corrected chi connectivity index (χ1v) is 5.88. The number of hydrogen-bond acceptors (Lipinski definition) is 2. The molecular formula is C14H17N3O. The van der Waals surface area contributed by atoms with Gasteiger partial charge in [-0.1, -0.05) is 24.3 Å². The smallest absolute Gasteiger partial charge is 0.320 e. The molecule has 2 aromatic rings. The number of pyridine rings is 1. The maximum Gasteiger partial charge on any atom is 0.320 e. The molecule has 0 unspecified atom stereocenters. The molecule has 18 heavy (non-hydrogen) atoms.